The third kappa shape index (κ3) is 4.80. The molecule has 0 radical (unpaired) electrons. The van der Waals surface area contributed by atoms with Crippen molar-refractivity contribution in [3.63, 3.8) is 0 Å². The molecule has 2 aromatic rings. The molecule has 2 atom stereocenters. The fourth-order valence-corrected chi connectivity index (χ4v) is 6.08. The van der Waals surface area contributed by atoms with Crippen LogP contribution in [-0.4, -0.2) is 45.6 Å². The van der Waals surface area contributed by atoms with Gasteiger partial charge in [0.1, 0.15) is 22.3 Å². The highest BCUT2D eigenvalue weighted by Gasteiger charge is 2.53. The Hall–Kier alpha value is -3.09. The summed E-state index contributed by atoms with van der Waals surface area (Å²) in [6, 6.07) is 10.00. The Kier molecular flexibility index (Phi) is 6.13. The minimum absolute atomic E-state index is 0.00979. The summed E-state index contributed by atoms with van der Waals surface area (Å²) in [5.41, 5.74) is -1.88. The summed E-state index contributed by atoms with van der Waals surface area (Å²) in [6.45, 7) is 5.88. The Morgan fingerprint density at radius 2 is 1.81 bits per heavy atom. The lowest BCUT2D eigenvalue weighted by Gasteiger charge is -2.38. The minimum atomic E-state index is -4.41. The summed E-state index contributed by atoms with van der Waals surface area (Å²) < 4.78 is 55.0. The monoisotopic (exact) mass is 533 g/mol. The van der Waals surface area contributed by atoms with Gasteiger partial charge in [-0.05, 0) is 36.5 Å². The third-order valence-electron chi connectivity index (χ3n) is 6.12. The molecule has 0 saturated heterocycles. The Balaban J connectivity index is 1.79. The highest BCUT2D eigenvalue weighted by Crippen LogP contribution is 2.42. The number of carbonyl (C=O) groups excluding carboxylic acids is 2. The number of rotatable bonds is 5. The van der Waals surface area contributed by atoms with E-state index in [9.17, 15) is 31.5 Å². The van der Waals surface area contributed by atoms with Crippen LogP contribution in [0.2, 0.25) is 0 Å². The van der Waals surface area contributed by atoms with Crippen molar-refractivity contribution in [3.8, 4) is 0 Å². The van der Waals surface area contributed by atoms with E-state index in [1.165, 1.54) is 24.3 Å². The first-order valence-corrected chi connectivity index (χ1v) is 14.5. The third-order valence-corrected chi connectivity index (χ3v) is 8.06. The average molecular weight is 534 g/mol. The SMILES string of the molecule is CC(C)(C)CC[C@@]1(O)C(=O)C(C2=NS(=O)(=O)c3cc(NS(C)(=O)=O)ccc3N2)C(=O)c2ccccc21. The fraction of sp³-hybridized carbons (Fsp3) is 0.375. The van der Waals surface area contributed by atoms with Gasteiger partial charge < -0.3 is 10.4 Å². The van der Waals surface area contributed by atoms with Crippen LogP contribution in [0.15, 0.2) is 51.8 Å². The van der Waals surface area contributed by atoms with Gasteiger partial charge in [-0.15, -0.1) is 4.40 Å². The van der Waals surface area contributed by atoms with Crippen LogP contribution in [0.1, 0.15) is 49.5 Å². The number of carbonyl (C=O) groups is 2. The molecule has 4 rings (SSSR count). The molecular weight excluding hydrogens is 506 g/mol. The molecule has 36 heavy (non-hydrogen) atoms. The second-order valence-electron chi connectivity index (χ2n) is 10.3. The predicted octanol–water partition coefficient (Wildman–Crippen LogP) is 2.67. The van der Waals surface area contributed by atoms with E-state index in [1.54, 1.807) is 12.1 Å². The van der Waals surface area contributed by atoms with Gasteiger partial charge in [-0.25, -0.2) is 8.42 Å². The molecule has 2 aliphatic rings. The summed E-state index contributed by atoms with van der Waals surface area (Å²) in [6.07, 6.45) is 1.42. The van der Waals surface area contributed by atoms with Gasteiger partial charge in [-0.2, -0.15) is 8.42 Å². The zero-order valence-electron chi connectivity index (χ0n) is 20.2. The maximum absolute atomic E-state index is 13.7. The Morgan fingerprint density at radius 1 is 1.14 bits per heavy atom. The van der Waals surface area contributed by atoms with Gasteiger partial charge in [0, 0.05) is 16.8 Å². The Labute approximate surface area is 209 Å². The number of fused-ring (bicyclic) bond motifs is 2. The first kappa shape index (κ1) is 26.0. The normalized spacial score (nSPS) is 23.2. The topological polar surface area (TPSA) is 159 Å². The number of hydrogen-bond acceptors (Lipinski definition) is 8. The van der Waals surface area contributed by atoms with Crippen molar-refractivity contribution in [2.24, 2.45) is 15.7 Å². The predicted molar refractivity (Wildman–Crippen MR) is 135 cm³/mol. The minimum Gasteiger partial charge on any atom is -0.377 e. The van der Waals surface area contributed by atoms with E-state index in [4.69, 9.17) is 0 Å². The second kappa shape index (κ2) is 8.49. The molecule has 192 valence electrons. The van der Waals surface area contributed by atoms with E-state index in [0.29, 0.717) is 6.42 Å². The van der Waals surface area contributed by atoms with Crippen LogP contribution in [0, 0.1) is 11.3 Å². The van der Waals surface area contributed by atoms with E-state index in [-0.39, 0.29) is 39.2 Å². The van der Waals surface area contributed by atoms with E-state index >= 15 is 0 Å². The number of nitrogens with zero attached hydrogens (tertiary/aromatic N) is 1. The molecule has 0 saturated carbocycles. The van der Waals surface area contributed by atoms with Gasteiger partial charge in [0.25, 0.3) is 10.0 Å². The number of anilines is 2. The number of nitrogens with one attached hydrogen (secondary N) is 2. The average Bonchev–Trinajstić information content (AvgIpc) is 2.75. The van der Waals surface area contributed by atoms with Crippen molar-refractivity contribution in [1.29, 1.82) is 0 Å². The van der Waals surface area contributed by atoms with Crippen LogP contribution in [-0.2, 0) is 30.4 Å². The lowest BCUT2D eigenvalue weighted by Crippen LogP contribution is -2.53. The number of Topliss-reactive ketones (excluding diaryl/α,β-unsaturated/α-hetero) is 2. The van der Waals surface area contributed by atoms with E-state index < -0.39 is 49.0 Å². The molecule has 1 heterocycles. The van der Waals surface area contributed by atoms with Crippen molar-refractivity contribution in [2.45, 2.75) is 44.1 Å². The molecule has 3 N–H and O–H groups in total. The lowest BCUT2D eigenvalue weighted by molar-refractivity contribution is -0.141. The summed E-state index contributed by atoms with van der Waals surface area (Å²) in [5.74, 6) is -3.60. The molecule has 0 fully saturated rings. The van der Waals surface area contributed by atoms with Crippen LogP contribution >= 0.6 is 0 Å². The second-order valence-corrected chi connectivity index (χ2v) is 13.6. The highest BCUT2D eigenvalue weighted by atomic mass is 32.2. The Bertz CT molecular complexity index is 1520. The molecule has 0 aromatic heterocycles. The molecule has 1 aliphatic heterocycles. The first-order chi connectivity index (χ1) is 16.5. The van der Waals surface area contributed by atoms with Crippen LogP contribution in [0.5, 0.6) is 0 Å². The molecule has 10 nitrogen and oxygen atoms in total. The molecule has 1 aliphatic carbocycles. The zero-order valence-corrected chi connectivity index (χ0v) is 21.8. The maximum atomic E-state index is 13.7. The Morgan fingerprint density at radius 3 is 2.44 bits per heavy atom. The smallest absolute Gasteiger partial charge is 0.286 e. The van der Waals surface area contributed by atoms with Gasteiger partial charge >= 0.3 is 0 Å². The molecular formula is C24H27N3O7S2. The molecule has 0 bridgehead atoms. The van der Waals surface area contributed by atoms with Gasteiger partial charge in [-0.3, -0.25) is 14.3 Å². The zero-order chi connectivity index (χ0) is 26.7. The van der Waals surface area contributed by atoms with Crippen molar-refractivity contribution >= 4 is 48.8 Å². The largest absolute Gasteiger partial charge is 0.377 e. The van der Waals surface area contributed by atoms with Crippen LogP contribution in [0.25, 0.3) is 0 Å². The van der Waals surface area contributed by atoms with Crippen molar-refractivity contribution in [1.82, 2.24) is 0 Å². The summed E-state index contributed by atoms with van der Waals surface area (Å²) in [5, 5.41) is 14.4. The van der Waals surface area contributed by atoms with Gasteiger partial charge in [0.05, 0.1) is 11.9 Å². The fourth-order valence-electron chi connectivity index (χ4n) is 4.35. The first-order valence-electron chi connectivity index (χ1n) is 11.2. The van der Waals surface area contributed by atoms with Gasteiger partial charge in [0.15, 0.2) is 11.6 Å². The van der Waals surface area contributed by atoms with Crippen LogP contribution in [0.4, 0.5) is 11.4 Å². The number of aliphatic hydroxyl groups is 1. The quantitative estimate of drug-likeness (QED) is 0.495. The van der Waals surface area contributed by atoms with Crippen LogP contribution in [0.3, 0.4) is 0 Å². The number of sulfonamides is 2. The maximum Gasteiger partial charge on any atom is 0.286 e. The van der Waals surface area contributed by atoms with Gasteiger partial charge in [-0.1, -0.05) is 45.0 Å². The van der Waals surface area contributed by atoms with Gasteiger partial charge in [0.2, 0.25) is 10.0 Å². The van der Waals surface area contributed by atoms with E-state index in [2.05, 4.69) is 14.4 Å². The number of benzene rings is 2. The molecule has 0 spiro atoms. The molecule has 0 amide bonds. The number of amidine groups is 1. The number of hydrogen-bond donors (Lipinski definition) is 3. The summed E-state index contributed by atoms with van der Waals surface area (Å²) >= 11 is 0. The van der Waals surface area contributed by atoms with E-state index in [0.717, 1.165) is 12.3 Å². The highest BCUT2D eigenvalue weighted by molar-refractivity contribution is 7.92. The molecule has 12 heteroatoms. The lowest BCUT2D eigenvalue weighted by atomic mass is 9.68. The van der Waals surface area contributed by atoms with Crippen molar-refractivity contribution in [2.75, 3.05) is 16.3 Å². The standard InChI is InChI=1S/C24H27N3O7S2/c1-23(2,3)11-12-24(30)16-8-6-5-7-15(16)20(28)19(21(24)29)22-25-17-10-9-14(26-35(4,31)32)13-18(17)36(33,34)27-22/h5-10,13,19,26,30H,11-12H2,1-4H3,(H,25,27)/t19?,24-/m0/s1. The molecule has 2 aromatic carbocycles. The van der Waals surface area contributed by atoms with E-state index in [1.807, 2.05) is 20.8 Å². The summed E-state index contributed by atoms with van der Waals surface area (Å²) in [4.78, 5) is 26.8. The van der Waals surface area contributed by atoms with Crippen LogP contribution < -0.4 is 10.0 Å². The van der Waals surface area contributed by atoms with Crippen molar-refractivity contribution in [3.05, 3.63) is 53.6 Å². The van der Waals surface area contributed by atoms with Crippen molar-refractivity contribution < 1.29 is 31.5 Å². The molecule has 1 unspecified atom stereocenters. The summed E-state index contributed by atoms with van der Waals surface area (Å²) in [7, 11) is -8.07. The number of ketones is 2.